The number of nitrogens with two attached hydrogens (primary N) is 1. The van der Waals surface area contributed by atoms with Crippen LogP contribution >= 0.6 is 0 Å². The SMILES string of the molecule is CCn1nc(C)cc1CC(NN)c1cncnc1. The van der Waals surface area contributed by atoms with E-state index < -0.39 is 0 Å². The van der Waals surface area contributed by atoms with Crippen molar-refractivity contribution in [2.24, 2.45) is 5.84 Å². The lowest BCUT2D eigenvalue weighted by molar-refractivity contribution is 0.514. The molecule has 2 heterocycles. The van der Waals surface area contributed by atoms with Gasteiger partial charge in [-0.15, -0.1) is 0 Å². The smallest absolute Gasteiger partial charge is 0.115 e. The Kier molecular flexibility index (Phi) is 4.01. The van der Waals surface area contributed by atoms with Crippen molar-refractivity contribution in [1.29, 1.82) is 0 Å². The molecule has 6 nitrogen and oxygen atoms in total. The molecule has 0 aliphatic heterocycles. The van der Waals surface area contributed by atoms with E-state index in [2.05, 4.69) is 33.5 Å². The van der Waals surface area contributed by atoms with Crippen LogP contribution in [0.4, 0.5) is 0 Å². The molecule has 96 valence electrons. The summed E-state index contributed by atoms with van der Waals surface area (Å²) in [6.45, 7) is 4.92. The summed E-state index contributed by atoms with van der Waals surface area (Å²) in [4.78, 5) is 8.03. The van der Waals surface area contributed by atoms with Gasteiger partial charge in [-0.2, -0.15) is 5.10 Å². The molecule has 0 aromatic carbocycles. The maximum absolute atomic E-state index is 5.62. The van der Waals surface area contributed by atoms with E-state index in [1.807, 2.05) is 11.6 Å². The van der Waals surface area contributed by atoms with Crippen molar-refractivity contribution in [2.45, 2.75) is 32.9 Å². The number of nitrogens with one attached hydrogen (secondary N) is 1. The molecule has 18 heavy (non-hydrogen) atoms. The maximum atomic E-state index is 5.62. The molecule has 1 atom stereocenters. The zero-order valence-corrected chi connectivity index (χ0v) is 10.7. The van der Waals surface area contributed by atoms with Gasteiger partial charge in [0.15, 0.2) is 0 Å². The molecule has 0 aliphatic rings. The molecule has 1 unspecified atom stereocenters. The Labute approximate surface area is 106 Å². The van der Waals surface area contributed by atoms with E-state index >= 15 is 0 Å². The molecule has 0 amide bonds. The molecule has 3 N–H and O–H groups in total. The first-order valence-corrected chi connectivity index (χ1v) is 5.99. The summed E-state index contributed by atoms with van der Waals surface area (Å²) in [5, 5.41) is 4.43. The molecular formula is C12H18N6. The van der Waals surface area contributed by atoms with Crippen molar-refractivity contribution >= 4 is 0 Å². The molecule has 2 aromatic heterocycles. The summed E-state index contributed by atoms with van der Waals surface area (Å²) < 4.78 is 1.99. The third-order valence-electron chi connectivity index (χ3n) is 2.88. The second-order valence-electron chi connectivity index (χ2n) is 4.19. The molecule has 0 saturated carbocycles. The molecule has 0 radical (unpaired) electrons. The van der Waals surface area contributed by atoms with Gasteiger partial charge < -0.3 is 0 Å². The number of aromatic nitrogens is 4. The minimum absolute atomic E-state index is 0.00685. The van der Waals surface area contributed by atoms with Gasteiger partial charge in [-0.3, -0.25) is 16.0 Å². The number of aryl methyl sites for hydroxylation is 2. The standard InChI is InChI=1S/C12H18N6/c1-3-18-11(4-9(2)17-18)5-12(16-13)10-6-14-8-15-7-10/h4,6-8,12,16H,3,5,13H2,1-2H3. The van der Waals surface area contributed by atoms with Gasteiger partial charge in [0.25, 0.3) is 0 Å². The summed E-state index contributed by atoms with van der Waals surface area (Å²) in [6.07, 6.45) is 5.82. The van der Waals surface area contributed by atoms with E-state index in [1.54, 1.807) is 12.4 Å². The van der Waals surface area contributed by atoms with E-state index in [-0.39, 0.29) is 6.04 Å². The Morgan fingerprint density at radius 1 is 1.39 bits per heavy atom. The molecule has 0 fully saturated rings. The van der Waals surface area contributed by atoms with Crippen LogP contribution in [0.15, 0.2) is 24.8 Å². The van der Waals surface area contributed by atoms with Crippen LogP contribution in [0, 0.1) is 6.92 Å². The highest BCUT2D eigenvalue weighted by atomic mass is 15.3. The normalized spacial score (nSPS) is 12.6. The Bertz CT molecular complexity index is 493. The van der Waals surface area contributed by atoms with E-state index in [0.29, 0.717) is 0 Å². The van der Waals surface area contributed by atoms with Crippen molar-refractivity contribution in [2.75, 3.05) is 0 Å². The van der Waals surface area contributed by atoms with Gasteiger partial charge in [0.1, 0.15) is 6.33 Å². The first kappa shape index (κ1) is 12.7. The number of hydrogen-bond acceptors (Lipinski definition) is 5. The van der Waals surface area contributed by atoms with Crippen LogP contribution in [0.5, 0.6) is 0 Å². The van der Waals surface area contributed by atoms with Crippen molar-refractivity contribution in [3.63, 3.8) is 0 Å². The minimum atomic E-state index is -0.00685. The van der Waals surface area contributed by atoms with Crippen molar-refractivity contribution in [3.8, 4) is 0 Å². The van der Waals surface area contributed by atoms with Crippen LogP contribution < -0.4 is 11.3 Å². The largest absolute Gasteiger partial charge is 0.271 e. The van der Waals surface area contributed by atoms with Gasteiger partial charge in [-0.25, -0.2) is 9.97 Å². The van der Waals surface area contributed by atoms with E-state index in [4.69, 9.17) is 5.84 Å². The molecule has 0 spiro atoms. The number of rotatable bonds is 5. The van der Waals surface area contributed by atoms with Crippen molar-refractivity contribution in [3.05, 3.63) is 41.7 Å². The van der Waals surface area contributed by atoms with E-state index in [1.165, 1.54) is 6.33 Å². The Morgan fingerprint density at radius 3 is 2.72 bits per heavy atom. The van der Waals surface area contributed by atoms with Crippen LogP contribution in [-0.2, 0) is 13.0 Å². The first-order valence-electron chi connectivity index (χ1n) is 5.99. The van der Waals surface area contributed by atoms with Gasteiger partial charge in [0.05, 0.1) is 11.7 Å². The highest BCUT2D eigenvalue weighted by Gasteiger charge is 2.14. The lowest BCUT2D eigenvalue weighted by Crippen LogP contribution is -2.30. The third-order valence-corrected chi connectivity index (χ3v) is 2.88. The summed E-state index contributed by atoms with van der Waals surface area (Å²) in [5.74, 6) is 5.62. The number of hydrogen-bond donors (Lipinski definition) is 2. The molecule has 6 heteroatoms. The number of hydrazine groups is 1. The van der Waals surface area contributed by atoms with Crippen LogP contribution in [-0.4, -0.2) is 19.7 Å². The maximum Gasteiger partial charge on any atom is 0.115 e. The zero-order valence-electron chi connectivity index (χ0n) is 10.7. The number of nitrogens with zero attached hydrogens (tertiary/aromatic N) is 4. The highest BCUT2D eigenvalue weighted by Crippen LogP contribution is 2.16. The molecule has 2 rings (SSSR count). The second-order valence-corrected chi connectivity index (χ2v) is 4.19. The fourth-order valence-corrected chi connectivity index (χ4v) is 2.01. The molecule has 2 aromatic rings. The monoisotopic (exact) mass is 246 g/mol. The fraction of sp³-hybridized carbons (Fsp3) is 0.417. The quantitative estimate of drug-likeness (QED) is 0.601. The summed E-state index contributed by atoms with van der Waals surface area (Å²) in [5.41, 5.74) is 5.95. The van der Waals surface area contributed by atoms with Crippen LogP contribution in [0.2, 0.25) is 0 Å². The zero-order chi connectivity index (χ0) is 13.0. The van der Waals surface area contributed by atoms with Crippen LogP contribution in [0.3, 0.4) is 0 Å². The molecule has 0 bridgehead atoms. The van der Waals surface area contributed by atoms with Gasteiger partial charge in [0.2, 0.25) is 0 Å². The Hall–Kier alpha value is -1.79. The van der Waals surface area contributed by atoms with Crippen LogP contribution in [0.25, 0.3) is 0 Å². The molecular weight excluding hydrogens is 228 g/mol. The summed E-state index contributed by atoms with van der Waals surface area (Å²) in [7, 11) is 0. The lowest BCUT2D eigenvalue weighted by atomic mass is 10.1. The van der Waals surface area contributed by atoms with Gasteiger partial charge >= 0.3 is 0 Å². The summed E-state index contributed by atoms with van der Waals surface area (Å²) >= 11 is 0. The van der Waals surface area contributed by atoms with Gasteiger partial charge in [-0.05, 0) is 19.9 Å². The fourth-order valence-electron chi connectivity index (χ4n) is 2.01. The minimum Gasteiger partial charge on any atom is -0.271 e. The average molecular weight is 246 g/mol. The highest BCUT2D eigenvalue weighted by molar-refractivity contribution is 5.16. The van der Waals surface area contributed by atoms with Crippen LogP contribution in [0.1, 0.15) is 29.9 Å². The molecule has 0 saturated heterocycles. The average Bonchev–Trinajstić information content (AvgIpc) is 2.77. The Morgan fingerprint density at radius 2 is 2.11 bits per heavy atom. The predicted octanol–water partition coefficient (Wildman–Crippen LogP) is 0.749. The van der Waals surface area contributed by atoms with E-state index in [9.17, 15) is 0 Å². The van der Waals surface area contributed by atoms with Gasteiger partial charge in [0, 0.05) is 36.6 Å². The van der Waals surface area contributed by atoms with E-state index in [0.717, 1.165) is 29.9 Å². The summed E-state index contributed by atoms with van der Waals surface area (Å²) in [6, 6.07) is 2.07. The van der Waals surface area contributed by atoms with Crippen molar-refractivity contribution in [1.82, 2.24) is 25.2 Å². The Balaban J connectivity index is 2.20. The predicted molar refractivity (Wildman–Crippen MR) is 68.4 cm³/mol. The third kappa shape index (κ3) is 2.72. The topological polar surface area (TPSA) is 81.7 Å². The lowest BCUT2D eigenvalue weighted by Gasteiger charge is -2.15. The second kappa shape index (κ2) is 5.70. The first-order chi connectivity index (χ1) is 8.74. The van der Waals surface area contributed by atoms with Gasteiger partial charge in [-0.1, -0.05) is 0 Å². The van der Waals surface area contributed by atoms with Crippen molar-refractivity contribution < 1.29 is 0 Å². The molecule has 0 aliphatic carbocycles.